The molecule has 0 aliphatic heterocycles. The van der Waals surface area contributed by atoms with Gasteiger partial charge in [-0.2, -0.15) is 5.26 Å². The zero-order valence-electron chi connectivity index (χ0n) is 13.7. The predicted octanol–water partition coefficient (Wildman–Crippen LogP) is 4.58. The van der Waals surface area contributed by atoms with Crippen LogP contribution in [0.1, 0.15) is 5.56 Å². The van der Waals surface area contributed by atoms with Crippen LogP contribution in [0.5, 0.6) is 0 Å². The molecule has 5 heteroatoms. The van der Waals surface area contributed by atoms with Gasteiger partial charge in [0.05, 0.1) is 6.54 Å². The molecule has 4 nitrogen and oxygen atoms in total. The lowest BCUT2D eigenvalue weighted by molar-refractivity contribution is -0.112. The molecule has 0 aliphatic rings. The minimum absolute atomic E-state index is 0.0218. The van der Waals surface area contributed by atoms with Gasteiger partial charge in [-0.15, -0.1) is 6.42 Å². The van der Waals surface area contributed by atoms with Crippen LogP contribution in [0.25, 0.3) is 17.0 Å². The molecule has 126 valence electrons. The second-order valence-electron chi connectivity index (χ2n) is 5.57. The summed E-state index contributed by atoms with van der Waals surface area (Å²) < 4.78 is 2.76. The van der Waals surface area contributed by atoms with E-state index in [9.17, 15) is 10.1 Å². The predicted molar refractivity (Wildman–Crippen MR) is 107 cm³/mol. The van der Waals surface area contributed by atoms with Crippen LogP contribution in [0.3, 0.4) is 0 Å². The van der Waals surface area contributed by atoms with Crippen LogP contribution in [0.15, 0.2) is 64.8 Å². The number of terminal acetylenes is 1. The fourth-order valence-corrected chi connectivity index (χ4v) is 3.09. The molecule has 0 unspecified atom stereocenters. The van der Waals surface area contributed by atoms with Crippen molar-refractivity contribution in [1.82, 2.24) is 4.57 Å². The third kappa shape index (κ3) is 3.69. The number of anilines is 1. The number of carbonyl (C=O) groups excluding carboxylic acids is 1. The molecule has 0 radical (unpaired) electrons. The molecule has 3 rings (SSSR count). The van der Waals surface area contributed by atoms with Gasteiger partial charge in [0.2, 0.25) is 0 Å². The normalized spacial score (nSPS) is 11.0. The van der Waals surface area contributed by atoms with E-state index >= 15 is 0 Å². The highest BCUT2D eigenvalue weighted by Crippen LogP contribution is 2.24. The number of halogens is 1. The molecule has 0 atom stereocenters. The first-order valence-electron chi connectivity index (χ1n) is 7.82. The number of nitriles is 1. The maximum Gasteiger partial charge on any atom is 0.266 e. The summed E-state index contributed by atoms with van der Waals surface area (Å²) >= 11 is 3.35. The summed E-state index contributed by atoms with van der Waals surface area (Å²) in [6, 6.07) is 16.9. The van der Waals surface area contributed by atoms with E-state index in [-0.39, 0.29) is 5.57 Å². The number of rotatable bonds is 4. The van der Waals surface area contributed by atoms with E-state index in [0.29, 0.717) is 12.2 Å². The Bertz CT molecular complexity index is 1100. The summed E-state index contributed by atoms with van der Waals surface area (Å²) in [5.41, 5.74) is 2.37. The number of nitrogens with one attached hydrogen (secondary N) is 1. The SMILES string of the molecule is C#CCn1cc(C=C(C#N)C(=O)Nc2cccc(Br)c2)c2ccccc21. The maximum absolute atomic E-state index is 12.5. The Morgan fingerprint density at radius 3 is 2.81 bits per heavy atom. The minimum atomic E-state index is -0.459. The average Bonchev–Trinajstić information content (AvgIpc) is 2.98. The van der Waals surface area contributed by atoms with Crippen molar-refractivity contribution < 1.29 is 4.79 Å². The number of aromatic nitrogens is 1. The van der Waals surface area contributed by atoms with Crippen molar-refractivity contribution in [2.24, 2.45) is 0 Å². The Morgan fingerprint density at radius 2 is 2.08 bits per heavy atom. The molecular formula is C21H14BrN3O. The van der Waals surface area contributed by atoms with Gasteiger partial charge in [0.15, 0.2) is 0 Å². The van der Waals surface area contributed by atoms with Crippen LogP contribution in [0, 0.1) is 23.7 Å². The van der Waals surface area contributed by atoms with Crippen molar-refractivity contribution in [2.45, 2.75) is 6.54 Å². The van der Waals surface area contributed by atoms with Crippen molar-refractivity contribution >= 4 is 44.5 Å². The van der Waals surface area contributed by atoms with Crippen LogP contribution in [0.2, 0.25) is 0 Å². The number of fused-ring (bicyclic) bond motifs is 1. The molecule has 3 aromatic rings. The zero-order valence-corrected chi connectivity index (χ0v) is 15.3. The molecular weight excluding hydrogens is 390 g/mol. The Morgan fingerprint density at radius 1 is 1.27 bits per heavy atom. The number of amides is 1. The van der Waals surface area contributed by atoms with Crippen LogP contribution in [0.4, 0.5) is 5.69 Å². The third-order valence-corrected chi connectivity index (χ3v) is 4.32. The first kappa shape index (κ1) is 17.5. The lowest BCUT2D eigenvalue weighted by Gasteiger charge is -2.04. The topological polar surface area (TPSA) is 57.8 Å². The quantitative estimate of drug-likeness (QED) is 0.393. The Hall–Kier alpha value is -3.28. The number of hydrogen-bond donors (Lipinski definition) is 1. The maximum atomic E-state index is 12.5. The summed E-state index contributed by atoms with van der Waals surface area (Å²) in [6.07, 6.45) is 8.87. The van der Waals surface area contributed by atoms with Gasteiger partial charge in [-0.3, -0.25) is 4.79 Å². The van der Waals surface area contributed by atoms with E-state index in [4.69, 9.17) is 6.42 Å². The van der Waals surface area contributed by atoms with Crippen LogP contribution in [-0.4, -0.2) is 10.5 Å². The first-order chi connectivity index (χ1) is 12.6. The van der Waals surface area contributed by atoms with Crippen molar-refractivity contribution in [1.29, 1.82) is 5.26 Å². The molecule has 1 heterocycles. The fraction of sp³-hybridized carbons (Fsp3) is 0.0476. The standard InChI is InChI=1S/C21H14BrN3O/c1-2-10-25-14-16(19-8-3-4-9-20(19)25)11-15(13-23)21(26)24-18-7-5-6-17(22)12-18/h1,3-9,11-12,14H,10H2,(H,24,26). The highest BCUT2D eigenvalue weighted by molar-refractivity contribution is 9.10. The number of para-hydroxylation sites is 1. The summed E-state index contributed by atoms with van der Waals surface area (Å²) in [5.74, 6) is 2.15. The average molecular weight is 404 g/mol. The molecule has 0 bridgehead atoms. The molecule has 1 N–H and O–H groups in total. The summed E-state index contributed by atoms with van der Waals surface area (Å²) in [5, 5.41) is 13.1. The molecule has 1 aromatic heterocycles. The van der Waals surface area contributed by atoms with Gasteiger partial charge >= 0.3 is 0 Å². The lowest BCUT2D eigenvalue weighted by atomic mass is 10.1. The third-order valence-electron chi connectivity index (χ3n) is 3.83. The van der Waals surface area contributed by atoms with Gasteiger partial charge in [-0.1, -0.05) is 46.1 Å². The second-order valence-corrected chi connectivity index (χ2v) is 6.48. The lowest BCUT2D eigenvalue weighted by Crippen LogP contribution is -2.13. The second kappa shape index (κ2) is 7.74. The van der Waals surface area contributed by atoms with Crippen molar-refractivity contribution in [3.05, 3.63) is 70.3 Å². The van der Waals surface area contributed by atoms with E-state index < -0.39 is 5.91 Å². The highest BCUT2D eigenvalue weighted by Gasteiger charge is 2.12. The molecule has 0 spiro atoms. The minimum Gasteiger partial charge on any atom is -0.335 e. The first-order valence-corrected chi connectivity index (χ1v) is 8.61. The van der Waals surface area contributed by atoms with Crippen molar-refractivity contribution in [3.63, 3.8) is 0 Å². The molecule has 0 aliphatic carbocycles. The Kier molecular flexibility index (Phi) is 5.22. The molecule has 26 heavy (non-hydrogen) atoms. The Balaban J connectivity index is 1.97. The van der Waals surface area contributed by atoms with Gasteiger partial charge in [0.25, 0.3) is 5.91 Å². The zero-order chi connectivity index (χ0) is 18.5. The van der Waals surface area contributed by atoms with Gasteiger partial charge < -0.3 is 9.88 Å². The number of nitrogens with zero attached hydrogens (tertiary/aromatic N) is 2. The molecule has 2 aromatic carbocycles. The summed E-state index contributed by atoms with van der Waals surface area (Å²) in [4.78, 5) is 12.5. The molecule has 0 saturated carbocycles. The van der Waals surface area contributed by atoms with E-state index in [1.165, 1.54) is 0 Å². The van der Waals surface area contributed by atoms with Crippen LogP contribution >= 0.6 is 15.9 Å². The summed E-state index contributed by atoms with van der Waals surface area (Å²) in [7, 11) is 0. The van der Waals surface area contributed by atoms with E-state index in [1.54, 1.807) is 18.2 Å². The van der Waals surface area contributed by atoms with Gasteiger partial charge in [0, 0.05) is 32.8 Å². The van der Waals surface area contributed by atoms with E-state index in [0.717, 1.165) is 20.9 Å². The fourth-order valence-electron chi connectivity index (χ4n) is 2.69. The van der Waals surface area contributed by atoms with Gasteiger partial charge in [-0.25, -0.2) is 0 Å². The molecule has 1 amide bonds. The Labute approximate surface area is 159 Å². The van der Waals surface area contributed by atoms with Crippen LogP contribution in [-0.2, 0) is 11.3 Å². The number of hydrogen-bond acceptors (Lipinski definition) is 2. The van der Waals surface area contributed by atoms with Gasteiger partial charge in [-0.05, 0) is 30.3 Å². The number of benzene rings is 2. The van der Waals surface area contributed by atoms with Crippen molar-refractivity contribution in [3.8, 4) is 18.4 Å². The monoisotopic (exact) mass is 403 g/mol. The highest BCUT2D eigenvalue weighted by atomic mass is 79.9. The molecule has 0 fully saturated rings. The largest absolute Gasteiger partial charge is 0.335 e. The van der Waals surface area contributed by atoms with E-state index in [2.05, 4.69) is 27.2 Å². The number of carbonyl (C=O) groups is 1. The van der Waals surface area contributed by atoms with E-state index in [1.807, 2.05) is 53.2 Å². The van der Waals surface area contributed by atoms with Crippen LogP contribution < -0.4 is 5.32 Å². The van der Waals surface area contributed by atoms with Gasteiger partial charge in [0.1, 0.15) is 11.6 Å². The summed E-state index contributed by atoms with van der Waals surface area (Å²) in [6.45, 7) is 0.417. The smallest absolute Gasteiger partial charge is 0.266 e. The van der Waals surface area contributed by atoms with Crippen molar-refractivity contribution in [2.75, 3.05) is 5.32 Å². The molecule has 0 saturated heterocycles.